The molecule has 1 saturated heterocycles. The number of amides is 4. The highest BCUT2D eigenvalue weighted by Gasteiger charge is 2.38. The first kappa shape index (κ1) is 28.6. The highest BCUT2D eigenvalue weighted by Crippen LogP contribution is 2.19. The Morgan fingerprint density at radius 1 is 1.15 bits per heavy atom. The van der Waals surface area contributed by atoms with Crippen molar-refractivity contribution >= 4 is 35.6 Å². The zero-order chi connectivity index (χ0) is 26.0. The topological polar surface area (TPSA) is 270 Å². The van der Waals surface area contributed by atoms with Gasteiger partial charge in [0.05, 0.1) is 18.6 Å². The summed E-state index contributed by atoms with van der Waals surface area (Å²) in [5.41, 5.74) is 21.4. The summed E-state index contributed by atoms with van der Waals surface area (Å²) < 4.78 is 0. The van der Waals surface area contributed by atoms with Gasteiger partial charge >= 0.3 is 5.97 Å². The Hall–Kier alpha value is -3.46. The van der Waals surface area contributed by atoms with Crippen molar-refractivity contribution in [3.63, 3.8) is 0 Å². The maximum absolute atomic E-state index is 13.0. The second kappa shape index (κ2) is 13.3. The number of carboxylic acids is 1. The number of nitrogens with one attached hydrogen (secondary N) is 2. The van der Waals surface area contributed by atoms with Gasteiger partial charge < -0.3 is 48.7 Å². The molecule has 0 bridgehead atoms. The van der Waals surface area contributed by atoms with Crippen LogP contribution in [0, 0.1) is 0 Å². The van der Waals surface area contributed by atoms with Crippen molar-refractivity contribution in [3.05, 3.63) is 0 Å². The maximum Gasteiger partial charge on any atom is 0.328 e. The van der Waals surface area contributed by atoms with E-state index in [1.54, 1.807) is 0 Å². The molecule has 34 heavy (non-hydrogen) atoms. The van der Waals surface area contributed by atoms with Gasteiger partial charge in [0, 0.05) is 13.1 Å². The summed E-state index contributed by atoms with van der Waals surface area (Å²) in [7, 11) is 0. The lowest BCUT2D eigenvalue weighted by Crippen LogP contribution is -2.58. The predicted molar refractivity (Wildman–Crippen MR) is 120 cm³/mol. The van der Waals surface area contributed by atoms with Gasteiger partial charge in [0.15, 0.2) is 12.0 Å². The second-order valence-electron chi connectivity index (χ2n) is 8.04. The first-order valence-corrected chi connectivity index (χ1v) is 10.8. The largest absolute Gasteiger partial charge is 0.480 e. The molecule has 0 aromatic heterocycles. The molecule has 0 radical (unpaired) electrons. The zero-order valence-electron chi connectivity index (χ0n) is 19.0. The minimum Gasteiger partial charge on any atom is -0.480 e. The number of nitrogens with zero attached hydrogens (tertiary/aromatic N) is 2. The van der Waals surface area contributed by atoms with E-state index in [2.05, 4.69) is 15.6 Å². The molecule has 4 amide bonds. The highest BCUT2D eigenvalue weighted by molar-refractivity contribution is 5.95. The molecular weight excluding hydrogens is 452 g/mol. The van der Waals surface area contributed by atoms with E-state index in [4.69, 9.17) is 22.9 Å². The van der Waals surface area contributed by atoms with Gasteiger partial charge in [-0.2, -0.15) is 0 Å². The first-order valence-electron chi connectivity index (χ1n) is 10.8. The standard InChI is InChI=1S/C19H34N8O7/c1-9(28)14(18(33)34)26-15(30)11(4-2-6-24-19(22)23)25-16(31)12-5-3-7-27(12)17(32)10(20)8-13(21)29/h9-12,14,28H,2-8,20H2,1H3,(H2,21,29)(H,25,31)(H,26,30)(H,33,34)(H4,22,23,24). The number of carbonyl (C=O) groups excluding carboxylic acids is 4. The van der Waals surface area contributed by atoms with Crippen LogP contribution in [0.3, 0.4) is 0 Å². The molecule has 5 unspecified atom stereocenters. The average molecular weight is 487 g/mol. The molecule has 0 saturated carbocycles. The van der Waals surface area contributed by atoms with Gasteiger partial charge in [-0.25, -0.2) is 4.79 Å². The normalized spacial score (nSPS) is 18.8. The van der Waals surface area contributed by atoms with E-state index in [9.17, 15) is 34.2 Å². The molecule has 1 aliphatic rings. The van der Waals surface area contributed by atoms with Crippen LogP contribution >= 0.6 is 0 Å². The molecule has 1 rings (SSSR count). The lowest BCUT2D eigenvalue weighted by molar-refractivity contribution is -0.145. The molecule has 15 nitrogen and oxygen atoms in total. The lowest BCUT2D eigenvalue weighted by atomic mass is 10.1. The summed E-state index contributed by atoms with van der Waals surface area (Å²) in [6.45, 7) is 1.58. The van der Waals surface area contributed by atoms with E-state index >= 15 is 0 Å². The molecule has 1 heterocycles. The van der Waals surface area contributed by atoms with Crippen molar-refractivity contribution in [1.82, 2.24) is 15.5 Å². The van der Waals surface area contributed by atoms with Gasteiger partial charge in [-0.1, -0.05) is 0 Å². The van der Waals surface area contributed by atoms with Crippen LogP contribution in [-0.2, 0) is 24.0 Å². The fourth-order valence-electron chi connectivity index (χ4n) is 3.50. The van der Waals surface area contributed by atoms with Crippen LogP contribution < -0.4 is 33.6 Å². The zero-order valence-corrected chi connectivity index (χ0v) is 19.0. The second-order valence-corrected chi connectivity index (χ2v) is 8.04. The third-order valence-corrected chi connectivity index (χ3v) is 5.20. The molecule has 0 aromatic rings. The van der Waals surface area contributed by atoms with Crippen molar-refractivity contribution in [2.24, 2.45) is 27.9 Å². The van der Waals surface area contributed by atoms with Crippen molar-refractivity contribution in [2.45, 2.75) is 69.3 Å². The van der Waals surface area contributed by atoms with Crippen LogP contribution in [0.15, 0.2) is 4.99 Å². The number of rotatable bonds is 13. The molecular formula is C19H34N8O7. The van der Waals surface area contributed by atoms with E-state index in [0.717, 1.165) is 0 Å². The SMILES string of the molecule is CC(O)C(NC(=O)C(CCCN=C(N)N)NC(=O)C1CCCN1C(=O)C(N)CC(N)=O)C(=O)O. The number of hydrogen-bond donors (Lipinski definition) is 8. The van der Waals surface area contributed by atoms with Crippen molar-refractivity contribution in [3.8, 4) is 0 Å². The number of aliphatic hydroxyl groups excluding tert-OH is 1. The number of aliphatic imine (C=N–C) groups is 1. The summed E-state index contributed by atoms with van der Waals surface area (Å²) in [6, 6.07) is -4.93. The third-order valence-electron chi connectivity index (χ3n) is 5.20. The van der Waals surface area contributed by atoms with E-state index in [1.807, 2.05) is 0 Å². The average Bonchev–Trinajstić information content (AvgIpc) is 3.22. The number of carboxylic acid groups (broad SMARTS) is 1. The number of guanidine groups is 1. The fraction of sp³-hybridized carbons (Fsp3) is 0.684. The number of likely N-dealkylation sites (tertiary alicyclic amines) is 1. The number of hydrogen-bond acceptors (Lipinski definition) is 8. The molecule has 1 aliphatic heterocycles. The van der Waals surface area contributed by atoms with Crippen LogP contribution in [-0.4, -0.2) is 94.0 Å². The molecule has 15 heteroatoms. The first-order chi connectivity index (χ1) is 15.8. The monoisotopic (exact) mass is 486 g/mol. The Bertz CT molecular complexity index is 800. The van der Waals surface area contributed by atoms with E-state index in [1.165, 1.54) is 11.8 Å². The lowest BCUT2D eigenvalue weighted by Gasteiger charge is -2.28. The van der Waals surface area contributed by atoms with Crippen LogP contribution in [0.1, 0.15) is 39.0 Å². The fourth-order valence-corrected chi connectivity index (χ4v) is 3.50. The van der Waals surface area contributed by atoms with Crippen LogP contribution in [0.2, 0.25) is 0 Å². The quantitative estimate of drug-likeness (QED) is 0.0704. The minimum absolute atomic E-state index is 0.0440. The van der Waals surface area contributed by atoms with Gasteiger partial charge in [-0.15, -0.1) is 0 Å². The van der Waals surface area contributed by atoms with E-state index in [0.29, 0.717) is 12.8 Å². The molecule has 0 aliphatic carbocycles. The van der Waals surface area contributed by atoms with Crippen molar-refractivity contribution in [1.29, 1.82) is 0 Å². The Morgan fingerprint density at radius 2 is 1.79 bits per heavy atom. The molecule has 192 valence electrons. The molecule has 12 N–H and O–H groups in total. The number of carbonyl (C=O) groups is 5. The van der Waals surface area contributed by atoms with E-state index < -0.39 is 59.9 Å². The summed E-state index contributed by atoms with van der Waals surface area (Å²) in [5, 5.41) is 23.6. The van der Waals surface area contributed by atoms with Gasteiger partial charge in [-0.3, -0.25) is 24.2 Å². The smallest absolute Gasteiger partial charge is 0.328 e. The van der Waals surface area contributed by atoms with Gasteiger partial charge in [0.1, 0.15) is 12.1 Å². The Morgan fingerprint density at radius 3 is 2.32 bits per heavy atom. The van der Waals surface area contributed by atoms with Crippen molar-refractivity contribution in [2.75, 3.05) is 13.1 Å². The maximum atomic E-state index is 13.0. The van der Waals surface area contributed by atoms with E-state index in [-0.39, 0.29) is 38.3 Å². The number of aliphatic hydroxyl groups is 1. The molecule has 5 atom stereocenters. The van der Waals surface area contributed by atoms with Crippen LogP contribution in [0.4, 0.5) is 0 Å². The summed E-state index contributed by atoms with van der Waals surface area (Å²) in [6.07, 6.45) is -0.669. The Labute approximate surface area is 196 Å². The summed E-state index contributed by atoms with van der Waals surface area (Å²) in [5.74, 6) is -4.48. The molecule has 0 spiro atoms. The summed E-state index contributed by atoms with van der Waals surface area (Å²) in [4.78, 5) is 65.7. The van der Waals surface area contributed by atoms with Gasteiger partial charge in [0.2, 0.25) is 23.6 Å². The van der Waals surface area contributed by atoms with Gasteiger partial charge in [-0.05, 0) is 32.6 Å². The predicted octanol–water partition coefficient (Wildman–Crippen LogP) is -4.33. The minimum atomic E-state index is -1.60. The summed E-state index contributed by atoms with van der Waals surface area (Å²) >= 11 is 0. The molecule has 0 aromatic carbocycles. The Kier molecular flexibility index (Phi) is 11.2. The van der Waals surface area contributed by atoms with Gasteiger partial charge in [0.25, 0.3) is 0 Å². The number of nitrogens with two attached hydrogens (primary N) is 4. The number of aliphatic carboxylic acids is 1. The highest BCUT2D eigenvalue weighted by atomic mass is 16.4. The number of primary amides is 1. The van der Waals surface area contributed by atoms with Crippen LogP contribution in [0.25, 0.3) is 0 Å². The van der Waals surface area contributed by atoms with Crippen molar-refractivity contribution < 1.29 is 34.2 Å². The van der Waals surface area contributed by atoms with Crippen LogP contribution in [0.5, 0.6) is 0 Å². The third kappa shape index (κ3) is 8.82. The Balaban J connectivity index is 2.96. The molecule has 1 fully saturated rings.